The van der Waals surface area contributed by atoms with Crippen molar-refractivity contribution in [3.63, 3.8) is 0 Å². The molecule has 0 saturated heterocycles. The van der Waals surface area contributed by atoms with Crippen LogP contribution in [0.2, 0.25) is 0 Å². The number of rotatable bonds is 4. The minimum atomic E-state index is -0.827. The largest absolute Gasteiger partial charge is 0.496 e. The molecule has 0 aliphatic heterocycles. The predicted molar refractivity (Wildman–Crippen MR) is 107 cm³/mol. The minimum absolute atomic E-state index is 0.321. The smallest absolute Gasteiger partial charge is 0.315 e. The Morgan fingerprint density at radius 1 is 1.03 bits per heavy atom. The molecule has 0 fully saturated rings. The average Bonchev–Trinajstić information content (AvgIpc) is 3.28. The van der Waals surface area contributed by atoms with Crippen LogP contribution < -0.4 is 15.4 Å². The molecule has 8 nitrogen and oxygen atoms in total. The van der Waals surface area contributed by atoms with Gasteiger partial charge in [0.2, 0.25) is 0 Å². The predicted octanol–water partition coefficient (Wildman–Crippen LogP) is 3.48. The van der Waals surface area contributed by atoms with Crippen LogP contribution in [0.15, 0.2) is 71.7 Å². The Morgan fingerprint density at radius 3 is 2.66 bits per heavy atom. The van der Waals surface area contributed by atoms with Crippen LogP contribution in [0.25, 0.3) is 22.1 Å². The highest BCUT2D eigenvalue weighted by molar-refractivity contribution is 6.44. The van der Waals surface area contributed by atoms with Gasteiger partial charge in [0.05, 0.1) is 18.9 Å². The second-order valence-corrected chi connectivity index (χ2v) is 6.07. The van der Waals surface area contributed by atoms with Gasteiger partial charge in [-0.15, -0.1) is 0 Å². The molecule has 0 bridgehead atoms. The van der Waals surface area contributed by atoms with E-state index in [9.17, 15) is 9.59 Å². The van der Waals surface area contributed by atoms with E-state index in [0.717, 1.165) is 10.8 Å². The summed E-state index contributed by atoms with van der Waals surface area (Å²) < 4.78 is 10.6. The van der Waals surface area contributed by atoms with Gasteiger partial charge in [0.1, 0.15) is 11.6 Å². The van der Waals surface area contributed by atoms with Crippen molar-refractivity contribution in [1.29, 1.82) is 0 Å². The Kier molecular flexibility index (Phi) is 4.90. The maximum Gasteiger partial charge on any atom is 0.315 e. The number of nitrogens with zero attached hydrogens (tertiary/aromatic N) is 2. The van der Waals surface area contributed by atoms with Gasteiger partial charge in [-0.25, -0.2) is 9.97 Å². The quantitative estimate of drug-likeness (QED) is 0.519. The molecule has 2 amide bonds. The molecule has 0 atom stereocenters. The monoisotopic (exact) mass is 388 g/mol. The molecular formula is C21H16N4O4. The second kappa shape index (κ2) is 7.81. The van der Waals surface area contributed by atoms with Crippen LogP contribution in [0.5, 0.6) is 5.75 Å². The molecule has 0 unspecified atom stereocenters. The van der Waals surface area contributed by atoms with Gasteiger partial charge in [-0.3, -0.25) is 9.59 Å². The van der Waals surface area contributed by atoms with Crippen molar-refractivity contribution in [3.8, 4) is 17.1 Å². The number of anilines is 2. The summed E-state index contributed by atoms with van der Waals surface area (Å²) in [7, 11) is 1.50. The van der Waals surface area contributed by atoms with Crippen molar-refractivity contribution in [1.82, 2.24) is 9.97 Å². The van der Waals surface area contributed by atoms with E-state index < -0.39 is 11.8 Å². The second-order valence-electron chi connectivity index (χ2n) is 6.07. The third-order valence-electron chi connectivity index (χ3n) is 4.27. The van der Waals surface area contributed by atoms with Gasteiger partial charge in [-0.1, -0.05) is 24.3 Å². The first-order valence-corrected chi connectivity index (χ1v) is 8.68. The number of carbonyl (C=O) groups excluding carboxylic acids is 2. The Bertz CT molecular complexity index is 1180. The fourth-order valence-corrected chi connectivity index (χ4v) is 2.89. The van der Waals surface area contributed by atoms with E-state index >= 15 is 0 Å². The number of fused-ring (bicyclic) bond motifs is 1. The summed E-state index contributed by atoms with van der Waals surface area (Å²) in [5.74, 6) is -0.335. The van der Waals surface area contributed by atoms with Crippen LogP contribution in [-0.4, -0.2) is 28.9 Å². The normalized spacial score (nSPS) is 10.5. The molecule has 2 N–H and O–H groups in total. The fraction of sp³-hybridized carbons (Fsp3) is 0.0476. The molecule has 0 radical (unpaired) electrons. The van der Waals surface area contributed by atoms with Crippen molar-refractivity contribution in [2.45, 2.75) is 0 Å². The van der Waals surface area contributed by atoms with E-state index in [0.29, 0.717) is 28.6 Å². The Morgan fingerprint density at radius 2 is 1.86 bits per heavy atom. The molecule has 0 saturated carbocycles. The summed E-state index contributed by atoms with van der Waals surface area (Å²) in [5.41, 5.74) is 1.07. The first-order valence-electron chi connectivity index (χ1n) is 8.68. The third kappa shape index (κ3) is 3.77. The van der Waals surface area contributed by atoms with Gasteiger partial charge in [-0.2, -0.15) is 0 Å². The Hall–Kier alpha value is -4.20. The van der Waals surface area contributed by atoms with Crippen LogP contribution in [0.3, 0.4) is 0 Å². The first-order chi connectivity index (χ1) is 14.2. The molecule has 0 aliphatic carbocycles. The van der Waals surface area contributed by atoms with Crippen LogP contribution in [0.1, 0.15) is 0 Å². The molecule has 0 spiro atoms. The number of ether oxygens (including phenoxy) is 1. The average molecular weight is 388 g/mol. The van der Waals surface area contributed by atoms with Gasteiger partial charge >= 0.3 is 11.8 Å². The lowest BCUT2D eigenvalue weighted by Crippen LogP contribution is -2.29. The summed E-state index contributed by atoms with van der Waals surface area (Å²) in [6.45, 7) is 0. The maximum atomic E-state index is 12.4. The molecule has 8 heteroatoms. The van der Waals surface area contributed by atoms with Crippen molar-refractivity contribution >= 4 is 34.1 Å². The maximum absolute atomic E-state index is 12.4. The highest BCUT2D eigenvalue weighted by Crippen LogP contribution is 2.32. The number of amides is 2. The molecule has 2 aromatic carbocycles. The molecule has 144 valence electrons. The van der Waals surface area contributed by atoms with Crippen molar-refractivity contribution in [3.05, 3.63) is 67.3 Å². The number of aromatic nitrogens is 2. The zero-order valence-electron chi connectivity index (χ0n) is 15.4. The number of benzene rings is 2. The third-order valence-corrected chi connectivity index (χ3v) is 4.27. The SMILES string of the molecule is COc1cc(NC(=O)C(=O)Nc2nccc3ccccc23)ccc1-c1cnco1. The molecular weight excluding hydrogens is 372 g/mol. The van der Waals surface area contributed by atoms with Gasteiger partial charge in [-0.05, 0) is 23.6 Å². The summed E-state index contributed by atoms with van der Waals surface area (Å²) in [6.07, 6.45) is 4.44. The van der Waals surface area contributed by atoms with E-state index in [1.165, 1.54) is 13.5 Å². The number of oxazole rings is 1. The molecule has 29 heavy (non-hydrogen) atoms. The molecule has 0 aliphatic rings. The van der Waals surface area contributed by atoms with E-state index in [2.05, 4.69) is 20.6 Å². The standard InChI is InChI=1S/C21H16N4O4/c1-28-17-10-14(6-7-16(17)18-11-22-12-29-18)24-20(26)21(27)25-19-15-5-3-2-4-13(15)8-9-23-19/h2-12H,1H3,(H,24,26)(H,23,25,27). The topological polar surface area (TPSA) is 106 Å². The summed E-state index contributed by atoms with van der Waals surface area (Å²) in [5, 5.41) is 6.76. The van der Waals surface area contributed by atoms with Crippen molar-refractivity contribution < 1.29 is 18.7 Å². The van der Waals surface area contributed by atoms with E-state index in [4.69, 9.17) is 9.15 Å². The number of methoxy groups -OCH3 is 1. The van der Waals surface area contributed by atoms with Gasteiger partial charge in [0, 0.05) is 23.3 Å². The summed E-state index contributed by atoms with van der Waals surface area (Å²) >= 11 is 0. The van der Waals surface area contributed by atoms with Gasteiger partial charge in [0.15, 0.2) is 12.2 Å². The number of nitrogens with one attached hydrogen (secondary N) is 2. The van der Waals surface area contributed by atoms with Gasteiger partial charge in [0.25, 0.3) is 0 Å². The minimum Gasteiger partial charge on any atom is -0.496 e. The van der Waals surface area contributed by atoms with E-state index in [-0.39, 0.29) is 0 Å². The molecule has 4 rings (SSSR count). The van der Waals surface area contributed by atoms with Crippen LogP contribution in [0.4, 0.5) is 11.5 Å². The molecule has 2 aromatic heterocycles. The molecule has 4 aromatic rings. The van der Waals surface area contributed by atoms with Gasteiger partial charge < -0.3 is 19.8 Å². The number of hydrogen-bond acceptors (Lipinski definition) is 6. The zero-order chi connectivity index (χ0) is 20.2. The van der Waals surface area contributed by atoms with Crippen molar-refractivity contribution in [2.24, 2.45) is 0 Å². The van der Waals surface area contributed by atoms with Crippen LogP contribution >= 0.6 is 0 Å². The highest BCUT2D eigenvalue weighted by Gasteiger charge is 2.17. The van der Waals surface area contributed by atoms with Crippen LogP contribution in [-0.2, 0) is 9.59 Å². The molecule has 2 heterocycles. The zero-order valence-corrected chi connectivity index (χ0v) is 15.4. The number of hydrogen-bond donors (Lipinski definition) is 2. The Balaban J connectivity index is 1.51. The summed E-state index contributed by atoms with van der Waals surface area (Å²) in [4.78, 5) is 32.7. The number of carbonyl (C=O) groups is 2. The first kappa shape index (κ1) is 18.2. The van der Waals surface area contributed by atoms with E-state index in [1.807, 2.05) is 30.3 Å². The Labute approximate surface area is 165 Å². The lowest BCUT2D eigenvalue weighted by Gasteiger charge is -2.11. The van der Waals surface area contributed by atoms with Crippen LogP contribution in [0, 0.1) is 0 Å². The lowest BCUT2D eigenvalue weighted by atomic mass is 10.1. The number of pyridine rings is 1. The van der Waals surface area contributed by atoms with Crippen molar-refractivity contribution in [2.75, 3.05) is 17.7 Å². The highest BCUT2D eigenvalue weighted by atomic mass is 16.5. The van der Waals surface area contributed by atoms with E-state index in [1.54, 1.807) is 30.6 Å². The fourth-order valence-electron chi connectivity index (χ4n) is 2.89. The lowest BCUT2D eigenvalue weighted by molar-refractivity contribution is -0.133. The summed E-state index contributed by atoms with van der Waals surface area (Å²) in [6, 6.07) is 14.2.